The summed E-state index contributed by atoms with van der Waals surface area (Å²) < 4.78 is 9.85. The van der Waals surface area contributed by atoms with Crippen molar-refractivity contribution in [2.75, 3.05) is 19.8 Å². The van der Waals surface area contributed by atoms with Gasteiger partial charge in [0.25, 0.3) is 0 Å². The predicted octanol–water partition coefficient (Wildman–Crippen LogP) is 1.33. The number of carbonyl (C=O) groups is 2. The number of carbonyl (C=O) groups excluding carboxylic acids is 2. The third kappa shape index (κ3) is 4.42. The van der Waals surface area contributed by atoms with Crippen molar-refractivity contribution in [3.05, 3.63) is 0 Å². The lowest BCUT2D eigenvalue weighted by atomic mass is 9.93. The minimum absolute atomic E-state index is 0.0909. The summed E-state index contributed by atoms with van der Waals surface area (Å²) in [4.78, 5) is 22.4. The maximum Gasteiger partial charge on any atom is 0.305 e. The van der Waals surface area contributed by atoms with Gasteiger partial charge < -0.3 is 9.47 Å². The highest BCUT2D eigenvalue weighted by molar-refractivity contribution is 5.82. The summed E-state index contributed by atoms with van der Waals surface area (Å²) in [6.07, 6.45) is 2.72. The van der Waals surface area contributed by atoms with Gasteiger partial charge in [-0.2, -0.15) is 0 Å². The Kier molecular flexibility index (Phi) is 5.32. The number of hydrogen-bond donors (Lipinski definition) is 0. The van der Waals surface area contributed by atoms with Gasteiger partial charge in [-0.05, 0) is 26.2 Å². The van der Waals surface area contributed by atoms with Crippen molar-refractivity contribution in [3.8, 4) is 0 Å². The number of ketones is 1. The lowest BCUT2D eigenvalue weighted by molar-refractivity contribution is -0.143. The Balaban J connectivity index is 2.13. The number of rotatable bonds is 5. The monoisotopic (exact) mass is 214 g/mol. The van der Waals surface area contributed by atoms with Gasteiger partial charge in [0.05, 0.1) is 6.61 Å². The third-order valence-electron chi connectivity index (χ3n) is 2.55. The first-order valence-corrected chi connectivity index (χ1v) is 5.50. The average Bonchev–Trinajstić information content (AvgIpc) is 2.21. The Morgan fingerprint density at radius 2 is 2.40 bits per heavy atom. The van der Waals surface area contributed by atoms with Gasteiger partial charge in [-0.25, -0.2) is 0 Å². The van der Waals surface area contributed by atoms with Crippen molar-refractivity contribution in [2.45, 2.75) is 32.6 Å². The minimum atomic E-state index is -0.169. The molecule has 0 aliphatic carbocycles. The highest BCUT2D eigenvalue weighted by atomic mass is 16.5. The van der Waals surface area contributed by atoms with Crippen molar-refractivity contribution < 1.29 is 19.1 Å². The van der Waals surface area contributed by atoms with E-state index in [0.717, 1.165) is 19.3 Å². The van der Waals surface area contributed by atoms with Gasteiger partial charge >= 0.3 is 5.97 Å². The molecule has 0 saturated carbocycles. The standard InChI is InChI=1S/C11H18O4/c1-2-15-11(13)5-3-4-9-6-7-14-8-10(9)12/h9H,2-8H2,1H3. The molecule has 1 saturated heterocycles. The van der Waals surface area contributed by atoms with Crippen LogP contribution in [0.15, 0.2) is 0 Å². The molecule has 0 bridgehead atoms. The fourth-order valence-electron chi connectivity index (χ4n) is 1.71. The number of esters is 1. The summed E-state index contributed by atoms with van der Waals surface area (Å²) in [5, 5.41) is 0. The van der Waals surface area contributed by atoms with Crippen LogP contribution in [0.3, 0.4) is 0 Å². The normalized spacial score (nSPS) is 21.4. The third-order valence-corrected chi connectivity index (χ3v) is 2.55. The SMILES string of the molecule is CCOC(=O)CCCC1CCOCC1=O. The van der Waals surface area contributed by atoms with E-state index in [1.807, 2.05) is 0 Å². The van der Waals surface area contributed by atoms with Crippen LogP contribution in [0.2, 0.25) is 0 Å². The second kappa shape index (κ2) is 6.56. The second-order valence-corrected chi connectivity index (χ2v) is 3.70. The van der Waals surface area contributed by atoms with Gasteiger partial charge in [-0.1, -0.05) is 0 Å². The molecule has 1 fully saturated rings. The molecule has 1 rings (SSSR count). The van der Waals surface area contributed by atoms with Crippen LogP contribution in [-0.4, -0.2) is 31.6 Å². The van der Waals surface area contributed by atoms with E-state index in [4.69, 9.17) is 9.47 Å². The van der Waals surface area contributed by atoms with E-state index in [1.54, 1.807) is 6.92 Å². The first-order valence-electron chi connectivity index (χ1n) is 5.50. The Hall–Kier alpha value is -0.900. The van der Waals surface area contributed by atoms with E-state index >= 15 is 0 Å². The van der Waals surface area contributed by atoms with Crippen molar-refractivity contribution >= 4 is 11.8 Å². The smallest absolute Gasteiger partial charge is 0.305 e. The molecule has 0 N–H and O–H groups in total. The van der Waals surface area contributed by atoms with Gasteiger partial charge in [0.15, 0.2) is 5.78 Å². The fraction of sp³-hybridized carbons (Fsp3) is 0.818. The van der Waals surface area contributed by atoms with E-state index in [2.05, 4.69) is 0 Å². The summed E-state index contributed by atoms with van der Waals surface area (Å²) in [5.41, 5.74) is 0. The van der Waals surface area contributed by atoms with Gasteiger partial charge in [0, 0.05) is 18.9 Å². The zero-order valence-electron chi connectivity index (χ0n) is 9.16. The molecule has 0 aromatic rings. The van der Waals surface area contributed by atoms with E-state index in [1.165, 1.54) is 0 Å². The molecule has 0 radical (unpaired) electrons. The van der Waals surface area contributed by atoms with Gasteiger partial charge in [0.2, 0.25) is 0 Å². The molecule has 15 heavy (non-hydrogen) atoms. The van der Waals surface area contributed by atoms with E-state index in [9.17, 15) is 9.59 Å². The first kappa shape index (κ1) is 12.2. The van der Waals surface area contributed by atoms with Crippen molar-refractivity contribution in [3.63, 3.8) is 0 Å². The maximum absolute atomic E-state index is 11.4. The van der Waals surface area contributed by atoms with E-state index in [0.29, 0.717) is 19.6 Å². The van der Waals surface area contributed by atoms with Crippen LogP contribution in [-0.2, 0) is 19.1 Å². The summed E-state index contributed by atoms with van der Waals surface area (Å²) in [5.74, 6) is 0.0929. The Bertz CT molecular complexity index is 225. The van der Waals surface area contributed by atoms with E-state index in [-0.39, 0.29) is 24.3 Å². The van der Waals surface area contributed by atoms with Crippen molar-refractivity contribution in [2.24, 2.45) is 5.92 Å². The molecule has 0 aromatic carbocycles. The van der Waals surface area contributed by atoms with Crippen LogP contribution in [0.25, 0.3) is 0 Å². The van der Waals surface area contributed by atoms with Gasteiger partial charge in [-0.15, -0.1) is 0 Å². The zero-order valence-corrected chi connectivity index (χ0v) is 9.16. The molecule has 4 nitrogen and oxygen atoms in total. The lowest BCUT2D eigenvalue weighted by Gasteiger charge is -2.20. The highest BCUT2D eigenvalue weighted by Gasteiger charge is 2.22. The highest BCUT2D eigenvalue weighted by Crippen LogP contribution is 2.18. The lowest BCUT2D eigenvalue weighted by Crippen LogP contribution is -2.27. The molecule has 1 heterocycles. The van der Waals surface area contributed by atoms with E-state index < -0.39 is 0 Å². The summed E-state index contributed by atoms with van der Waals surface area (Å²) >= 11 is 0. The quantitative estimate of drug-likeness (QED) is 0.648. The Labute approximate surface area is 89.9 Å². The van der Waals surface area contributed by atoms with Gasteiger partial charge in [-0.3, -0.25) is 9.59 Å². The van der Waals surface area contributed by atoms with Crippen LogP contribution >= 0.6 is 0 Å². The Morgan fingerprint density at radius 3 is 3.07 bits per heavy atom. The van der Waals surface area contributed by atoms with Crippen LogP contribution in [0.5, 0.6) is 0 Å². The minimum Gasteiger partial charge on any atom is -0.466 e. The first-order chi connectivity index (χ1) is 7.24. The molecule has 86 valence electrons. The number of Topliss-reactive ketones (excluding diaryl/α,β-unsaturated/α-hetero) is 1. The molecule has 0 aromatic heterocycles. The average molecular weight is 214 g/mol. The van der Waals surface area contributed by atoms with Crippen molar-refractivity contribution in [1.82, 2.24) is 0 Å². The summed E-state index contributed by atoms with van der Waals surface area (Å²) in [6.45, 7) is 3.12. The Morgan fingerprint density at radius 1 is 1.60 bits per heavy atom. The molecular formula is C11H18O4. The summed E-state index contributed by atoms with van der Waals surface area (Å²) in [7, 11) is 0. The summed E-state index contributed by atoms with van der Waals surface area (Å²) in [6, 6.07) is 0. The number of ether oxygens (including phenoxy) is 2. The van der Waals surface area contributed by atoms with Gasteiger partial charge in [0.1, 0.15) is 6.61 Å². The molecule has 1 atom stereocenters. The number of hydrogen-bond acceptors (Lipinski definition) is 4. The van der Waals surface area contributed by atoms with Crippen LogP contribution < -0.4 is 0 Å². The fourth-order valence-corrected chi connectivity index (χ4v) is 1.71. The van der Waals surface area contributed by atoms with Crippen LogP contribution in [0.1, 0.15) is 32.6 Å². The largest absolute Gasteiger partial charge is 0.466 e. The molecule has 1 unspecified atom stereocenters. The molecular weight excluding hydrogens is 196 g/mol. The zero-order chi connectivity index (χ0) is 11.1. The second-order valence-electron chi connectivity index (χ2n) is 3.70. The topological polar surface area (TPSA) is 52.6 Å². The molecule has 4 heteroatoms. The van der Waals surface area contributed by atoms with Crippen LogP contribution in [0, 0.1) is 5.92 Å². The predicted molar refractivity (Wildman–Crippen MR) is 54.4 cm³/mol. The molecule has 0 spiro atoms. The maximum atomic E-state index is 11.4. The van der Waals surface area contributed by atoms with Crippen molar-refractivity contribution in [1.29, 1.82) is 0 Å². The van der Waals surface area contributed by atoms with Crippen LogP contribution in [0.4, 0.5) is 0 Å². The molecule has 0 amide bonds. The molecule has 1 aliphatic rings. The molecule has 1 aliphatic heterocycles.